The average molecular weight is 255 g/mol. The number of nitrogens with one attached hydrogen (secondary N) is 1. The number of rotatable bonds is 6. The van der Waals surface area contributed by atoms with Crippen molar-refractivity contribution in [3.8, 4) is 0 Å². The summed E-state index contributed by atoms with van der Waals surface area (Å²) >= 11 is 0. The predicted octanol–water partition coefficient (Wildman–Crippen LogP) is 1.94. The molecule has 0 spiro atoms. The highest BCUT2D eigenvalue weighted by molar-refractivity contribution is 5.86. The highest BCUT2D eigenvalue weighted by atomic mass is 16.4. The summed E-state index contributed by atoms with van der Waals surface area (Å²) in [5.41, 5.74) is 0.213. The lowest BCUT2D eigenvalue weighted by atomic mass is 9.77. The van der Waals surface area contributed by atoms with Crippen molar-refractivity contribution in [1.82, 2.24) is 5.32 Å². The number of carbonyl (C=O) groups is 1. The van der Waals surface area contributed by atoms with E-state index in [-0.39, 0.29) is 12.1 Å². The molecule has 4 heteroatoms. The van der Waals surface area contributed by atoms with E-state index in [4.69, 9.17) is 5.11 Å². The molecule has 0 aromatic carbocycles. The Morgan fingerprint density at radius 2 is 2.28 bits per heavy atom. The molecule has 0 aromatic rings. The molecular weight excluding hydrogens is 230 g/mol. The van der Waals surface area contributed by atoms with Crippen LogP contribution in [0.3, 0.4) is 0 Å². The highest BCUT2D eigenvalue weighted by Gasteiger charge is 2.33. The lowest BCUT2D eigenvalue weighted by Gasteiger charge is -2.39. The van der Waals surface area contributed by atoms with E-state index in [0.717, 1.165) is 19.3 Å². The Bertz CT molecular complexity index is 314. The topological polar surface area (TPSA) is 69.6 Å². The molecule has 0 aliphatic heterocycles. The number of hydrogen-bond acceptors (Lipinski definition) is 3. The Hall–Kier alpha value is -0.870. The van der Waals surface area contributed by atoms with Gasteiger partial charge in [0.25, 0.3) is 0 Å². The normalized spacial score (nSPS) is 29.3. The summed E-state index contributed by atoms with van der Waals surface area (Å²) in [6, 6.07) is 0. The maximum absolute atomic E-state index is 10.9. The third kappa shape index (κ3) is 4.10. The Kier molecular flexibility index (Phi) is 5.82. The smallest absolute Gasteiger partial charge is 0.331 e. The second-order valence-electron chi connectivity index (χ2n) is 5.41. The van der Waals surface area contributed by atoms with Gasteiger partial charge < -0.3 is 15.5 Å². The standard InChI is InChI=1S/C14H25NO3/c1-3-12(13(17)18)6-8-15-14(10-16)7-4-5-11(2)9-14/h6,11,15-16H,3-5,7-10H2,1-2H3,(H,17,18). The van der Waals surface area contributed by atoms with Crippen LogP contribution in [0, 0.1) is 5.92 Å². The Labute approximate surface area is 109 Å². The van der Waals surface area contributed by atoms with E-state index in [1.54, 1.807) is 6.08 Å². The fourth-order valence-electron chi connectivity index (χ4n) is 2.79. The van der Waals surface area contributed by atoms with Crippen LogP contribution in [0.4, 0.5) is 0 Å². The van der Waals surface area contributed by atoms with Gasteiger partial charge in [0.05, 0.1) is 6.61 Å². The number of aliphatic hydroxyl groups excluding tert-OH is 1. The molecule has 1 rings (SSSR count). The fourth-order valence-corrected chi connectivity index (χ4v) is 2.79. The van der Waals surface area contributed by atoms with Gasteiger partial charge in [0.2, 0.25) is 0 Å². The molecule has 1 aliphatic carbocycles. The molecule has 104 valence electrons. The first-order chi connectivity index (χ1) is 8.53. The molecule has 18 heavy (non-hydrogen) atoms. The molecule has 0 amide bonds. The Morgan fingerprint density at radius 1 is 1.56 bits per heavy atom. The van der Waals surface area contributed by atoms with Gasteiger partial charge in [-0.15, -0.1) is 0 Å². The van der Waals surface area contributed by atoms with Crippen LogP contribution in [0.1, 0.15) is 46.0 Å². The summed E-state index contributed by atoms with van der Waals surface area (Å²) in [5, 5.41) is 21.9. The molecule has 2 atom stereocenters. The van der Waals surface area contributed by atoms with Gasteiger partial charge in [0, 0.05) is 17.7 Å². The summed E-state index contributed by atoms with van der Waals surface area (Å²) in [4.78, 5) is 10.9. The van der Waals surface area contributed by atoms with E-state index < -0.39 is 5.97 Å². The average Bonchev–Trinajstić information content (AvgIpc) is 2.34. The molecule has 3 N–H and O–H groups in total. The molecule has 0 radical (unpaired) electrons. The van der Waals surface area contributed by atoms with Crippen molar-refractivity contribution in [2.75, 3.05) is 13.2 Å². The first-order valence-corrected chi connectivity index (χ1v) is 6.81. The molecule has 1 saturated carbocycles. The molecule has 2 unspecified atom stereocenters. The van der Waals surface area contributed by atoms with Gasteiger partial charge in [0.1, 0.15) is 0 Å². The van der Waals surface area contributed by atoms with Crippen molar-refractivity contribution in [3.63, 3.8) is 0 Å². The summed E-state index contributed by atoms with van der Waals surface area (Å²) in [6.45, 7) is 4.68. The minimum Gasteiger partial charge on any atom is -0.478 e. The molecular formula is C14H25NO3. The van der Waals surface area contributed by atoms with E-state index in [0.29, 0.717) is 24.5 Å². The maximum Gasteiger partial charge on any atom is 0.331 e. The van der Waals surface area contributed by atoms with Gasteiger partial charge in [-0.05, 0) is 25.2 Å². The van der Waals surface area contributed by atoms with Crippen LogP contribution in [-0.4, -0.2) is 34.9 Å². The molecule has 4 nitrogen and oxygen atoms in total. The zero-order chi connectivity index (χ0) is 13.6. The lowest BCUT2D eigenvalue weighted by molar-refractivity contribution is -0.132. The molecule has 1 fully saturated rings. The van der Waals surface area contributed by atoms with Gasteiger partial charge in [-0.1, -0.05) is 32.8 Å². The van der Waals surface area contributed by atoms with Crippen LogP contribution in [0.2, 0.25) is 0 Å². The number of hydrogen-bond donors (Lipinski definition) is 3. The lowest BCUT2D eigenvalue weighted by Crippen LogP contribution is -2.51. The van der Waals surface area contributed by atoms with E-state index in [1.165, 1.54) is 6.42 Å². The summed E-state index contributed by atoms with van der Waals surface area (Å²) in [6.07, 6.45) is 6.52. The van der Waals surface area contributed by atoms with E-state index in [9.17, 15) is 9.90 Å². The van der Waals surface area contributed by atoms with E-state index >= 15 is 0 Å². The highest BCUT2D eigenvalue weighted by Crippen LogP contribution is 2.31. The van der Waals surface area contributed by atoms with Gasteiger partial charge in [-0.3, -0.25) is 0 Å². The van der Waals surface area contributed by atoms with Crippen molar-refractivity contribution < 1.29 is 15.0 Å². The fraction of sp³-hybridized carbons (Fsp3) is 0.786. The minimum absolute atomic E-state index is 0.125. The van der Waals surface area contributed by atoms with Crippen LogP contribution in [0.5, 0.6) is 0 Å². The second kappa shape index (κ2) is 6.90. The molecule has 0 saturated heterocycles. The van der Waals surface area contributed by atoms with Gasteiger partial charge in [-0.2, -0.15) is 0 Å². The van der Waals surface area contributed by atoms with Crippen LogP contribution >= 0.6 is 0 Å². The summed E-state index contributed by atoms with van der Waals surface area (Å²) in [7, 11) is 0. The monoisotopic (exact) mass is 255 g/mol. The second-order valence-corrected chi connectivity index (χ2v) is 5.41. The largest absolute Gasteiger partial charge is 0.478 e. The Balaban J connectivity index is 2.56. The quantitative estimate of drug-likeness (QED) is 0.634. The van der Waals surface area contributed by atoms with Crippen molar-refractivity contribution in [2.45, 2.75) is 51.5 Å². The third-order valence-electron chi connectivity index (χ3n) is 3.88. The van der Waals surface area contributed by atoms with E-state index in [2.05, 4.69) is 12.2 Å². The number of carboxylic acids is 1. The van der Waals surface area contributed by atoms with E-state index in [1.807, 2.05) is 6.92 Å². The van der Waals surface area contributed by atoms with Crippen LogP contribution in [-0.2, 0) is 4.79 Å². The predicted molar refractivity (Wildman–Crippen MR) is 71.5 cm³/mol. The van der Waals surface area contributed by atoms with Gasteiger partial charge >= 0.3 is 5.97 Å². The summed E-state index contributed by atoms with van der Waals surface area (Å²) in [5.74, 6) is -0.234. The molecule has 0 aromatic heterocycles. The third-order valence-corrected chi connectivity index (χ3v) is 3.88. The minimum atomic E-state index is -0.852. The number of aliphatic carboxylic acids is 1. The first-order valence-electron chi connectivity index (χ1n) is 6.81. The molecule has 0 bridgehead atoms. The maximum atomic E-state index is 10.9. The van der Waals surface area contributed by atoms with Crippen LogP contribution in [0.15, 0.2) is 11.6 Å². The molecule has 1 aliphatic rings. The summed E-state index contributed by atoms with van der Waals surface area (Å²) < 4.78 is 0. The van der Waals surface area contributed by atoms with Gasteiger partial charge in [0.15, 0.2) is 0 Å². The zero-order valence-electron chi connectivity index (χ0n) is 11.4. The van der Waals surface area contributed by atoms with Crippen molar-refractivity contribution in [3.05, 3.63) is 11.6 Å². The number of carboxylic acid groups (broad SMARTS) is 1. The van der Waals surface area contributed by atoms with Crippen molar-refractivity contribution >= 4 is 5.97 Å². The SMILES string of the molecule is CCC(=CCNC1(CO)CCCC(C)C1)C(=O)O. The first kappa shape index (κ1) is 15.2. The van der Waals surface area contributed by atoms with Gasteiger partial charge in [-0.25, -0.2) is 4.79 Å². The number of aliphatic hydroxyl groups is 1. The molecule has 0 heterocycles. The van der Waals surface area contributed by atoms with Crippen molar-refractivity contribution in [1.29, 1.82) is 0 Å². The van der Waals surface area contributed by atoms with Crippen LogP contribution in [0.25, 0.3) is 0 Å². The Morgan fingerprint density at radius 3 is 2.78 bits per heavy atom. The van der Waals surface area contributed by atoms with Crippen molar-refractivity contribution in [2.24, 2.45) is 5.92 Å². The van der Waals surface area contributed by atoms with Crippen LogP contribution < -0.4 is 5.32 Å². The zero-order valence-corrected chi connectivity index (χ0v) is 11.4.